The molecule has 1 N–H and O–H groups in total. The number of carbonyl (C=O) groups is 2. The molecular formula is C22H26N2O5S. The average molecular weight is 431 g/mol. The predicted molar refractivity (Wildman–Crippen MR) is 114 cm³/mol. The number of ether oxygens (including phenoxy) is 1. The fourth-order valence-corrected chi connectivity index (χ4v) is 5.12. The van der Waals surface area contributed by atoms with Crippen molar-refractivity contribution >= 4 is 27.6 Å². The van der Waals surface area contributed by atoms with E-state index >= 15 is 0 Å². The van der Waals surface area contributed by atoms with E-state index in [1.54, 1.807) is 0 Å². The summed E-state index contributed by atoms with van der Waals surface area (Å²) >= 11 is 0. The smallest absolute Gasteiger partial charge is 0.338 e. The van der Waals surface area contributed by atoms with Gasteiger partial charge in [-0.05, 0) is 69.0 Å². The van der Waals surface area contributed by atoms with E-state index in [1.165, 1.54) is 28.6 Å². The van der Waals surface area contributed by atoms with Crippen molar-refractivity contribution in [2.45, 2.75) is 38.5 Å². The molecule has 2 aromatic carbocycles. The fourth-order valence-electron chi connectivity index (χ4n) is 3.61. The molecule has 0 spiro atoms. The van der Waals surface area contributed by atoms with Crippen LogP contribution in [0.3, 0.4) is 0 Å². The van der Waals surface area contributed by atoms with Crippen LogP contribution in [0.1, 0.15) is 39.9 Å². The summed E-state index contributed by atoms with van der Waals surface area (Å²) in [6.07, 6.45) is 1.71. The van der Waals surface area contributed by atoms with Crippen molar-refractivity contribution in [3.05, 3.63) is 58.7 Å². The second kappa shape index (κ2) is 8.97. The van der Waals surface area contributed by atoms with Gasteiger partial charge in [-0.1, -0.05) is 17.7 Å². The molecule has 30 heavy (non-hydrogen) atoms. The summed E-state index contributed by atoms with van der Waals surface area (Å²) in [5.74, 6) is -1.13. The first kappa shape index (κ1) is 22.0. The Kier molecular flexibility index (Phi) is 6.58. The zero-order chi connectivity index (χ0) is 21.9. The number of rotatable bonds is 6. The van der Waals surface area contributed by atoms with Crippen LogP contribution in [-0.2, 0) is 19.6 Å². The standard InChI is InChI=1S/C22H26N2O5S/c1-15-12-16(2)21(17(3)13-15)23-20(25)14-29-22(26)18-6-8-19(9-7-18)30(27,28)24-10-4-5-11-24/h6-9,12-13H,4-5,10-11,14H2,1-3H3,(H,23,25). The highest BCUT2D eigenvalue weighted by Crippen LogP contribution is 2.22. The summed E-state index contributed by atoms with van der Waals surface area (Å²) < 4.78 is 31.6. The van der Waals surface area contributed by atoms with Gasteiger partial charge in [-0.2, -0.15) is 4.31 Å². The number of sulfonamides is 1. The molecule has 3 rings (SSSR count). The van der Waals surface area contributed by atoms with Crippen molar-refractivity contribution in [3.8, 4) is 0 Å². The minimum Gasteiger partial charge on any atom is -0.452 e. The molecule has 1 aliphatic rings. The number of benzene rings is 2. The van der Waals surface area contributed by atoms with Crippen LogP contribution < -0.4 is 5.32 Å². The summed E-state index contributed by atoms with van der Waals surface area (Å²) in [5.41, 5.74) is 3.86. The lowest BCUT2D eigenvalue weighted by atomic mass is 10.1. The van der Waals surface area contributed by atoms with Crippen molar-refractivity contribution in [2.75, 3.05) is 25.0 Å². The molecule has 7 nitrogen and oxygen atoms in total. The predicted octanol–water partition coefficient (Wildman–Crippen LogP) is 3.19. The van der Waals surface area contributed by atoms with E-state index < -0.39 is 28.5 Å². The molecular weight excluding hydrogens is 404 g/mol. The maximum absolute atomic E-state index is 12.5. The van der Waals surface area contributed by atoms with Gasteiger partial charge < -0.3 is 10.1 Å². The van der Waals surface area contributed by atoms with Gasteiger partial charge in [0.2, 0.25) is 10.0 Å². The largest absolute Gasteiger partial charge is 0.452 e. The van der Waals surface area contributed by atoms with E-state index in [2.05, 4.69) is 5.32 Å². The summed E-state index contributed by atoms with van der Waals surface area (Å²) in [7, 11) is -3.54. The first-order chi connectivity index (χ1) is 14.2. The maximum Gasteiger partial charge on any atom is 0.338 e. The molecule has 0 unspecified atom stereocenters. The van der Waals surface area contributed by atoms with Crippen molar-refractivity contribution in [1.82, 2.24) is 4.31 Å². The van der Waals surface area contributed by atoms with Crippen LogP contribution in [0.15, 0.2) is 41.3 Å². The first-order valence-electron chi connectivity index (χ1n) is 9.83. The molecule has 2 aromatic rings. The molecule has 1 fully saturated rings. The molecule has 8 heteroatoms. The zero-order valence-corrected chi connectivity index (χ0v) is 18.2. The van der Waals surface area contributed by atoms with E-state index in [9.17, 15) is 18.0 Å². The zero-order valence-electron chi connectivity index (χ0n) is 17.4. The highest BCUT2D eigenvalue weighted by atomic mass is 32.2. The van der Waals surface area contributed by atoms with Crippen molar-refractivity contribution < 1.29 is 22.7 Å². The number of nitrogens with one attached hydrogen (secondary N) is 1. The summed E-state index contributed by atoms with van der Waals surface area (Å²) in [6, 6.07) is 9.51. The Morgan fingerprint density at radius 3 is 2.13 bits per heavy atom. The Balaban J connectivity index is 1.59. The average Bonchev–Trinajstić information content (AvgIpc) is 3.25. The first-order valence-corrected chi connectivity index (χ1v) is 11.3. The van der Waals surface area contributed by atoms with E-state index in [4.69, 9.17) is 4.74 Å². The Bertz CT molecular complexity index is 1030. The number of carbonyl (C=O) groups excluding carboxylic acids is 2. The number of hydrogen-bond donors (Lipinski definition) is 1. The van der Waals surface area contributed by atoms with Crippen LogP contribution in [0.4, 0.5) is 5.69 Å². The lowest BCUT2D eigenvalue weighted by Crippen LogP contribution is -2.27. The molecule has 1 saturated heterocycles. The van der Waals surface area contributed by atoms with Gasteiger partial charge in [-0.15, -0.1) is 0 Å². The van der Waals surface area contributed by atoms with Crippen LogP contribution >= 0.6 is 0 Å². The van der Waals surface area contributed by atoms with E-state index in [0.717, 1.165) is 29.5 Å². The van der Waals surface area contributed by atoms with Crippen LogP contribution in [0.5, 0.6) is 0 Å². The SMILES string of the molecule is Cc1cc(C)c(NC(=O)COC(=O)c2ccc(S(=O)(=O)N3CCCC3)cc2)c(C)c1. The number of amides is 1. The second-order valence-electron chi connectivity index (χ2n) is 7.53. The number of aryl methyl sites for hydroxylation is 3. The molecule has 1 aliphatic heterocycles. The van der Waals surface area contributed by atoms with Gasteiger partial charge in [0.05, 0.1) is 10.5 Å². The van der Waals surface area contributed by atoms with Gasteiger partial charge in [-0.3, -0.25) is 4.79 Å². The van der Waals surface area contributed by atoms with E-state index in [-0.39, 0.29) is 10.5 Å². The van der Waals surface area contributed by atoms with Crippen LogP contribution in [-0.4, -0.2) is 44.3 Å². The third-order valence-corrected chi connectivity index (χ3v) is 6.98. The minimum absolute atomic E-state index is 0.143. The Hall–Kier alpha value is -2.71. The molecule has 1 heterocycles. The molecule has 0 aromatic heterocycles. The van der Waals surface area contributed by atoms with Crippen LogP contribution in [0.2, 0.25) is 0 Å². The summed E-state index contributed by atoms with van der Waals surface area (Å²) in [6.45, 7) is 6.38. The lowest BCUT2D eigenvalue weighted by Gasteiger charge is -2.15. The van der Waals surface area contributed by atoms with Gasteiger partial charge in [0.1, 0.15) is 0 Å². The van der Waals surface area contributed by atoms with Gasteiger partial charge >= 0.3 is 5.97 Å². The van der Waals surface area contributed by atoms with E-state index in [1.807, 2.05) is 32.9 Å². The molecule has 0 aliphatic carbocycles. The molecule has 0 bridgehead atoms. The number of hydrogen-bond acceptors (Lipinski definition) is 5. The Morgan fingerprint density at radius 1 is 1.00 bits per heavy atom. The Morgan fingerprint density at radius 2 is 1.57 bits per heavy atom. The van der Waals surface area contributed by atoms with Gasteiger partial charge in [0, 0.05) is 18.8 Å². The fraction of sp³-hybridized carbons (Fsp3) is 0.364. The minimum atomic E-state index is -3.54. The molecule has 0 saturated carbocycles. The third-order valence-electron chi connectivity index (χ3n) is 5.07. The highest BCUT2D eigenvalue weighted by molar-refractivity contribution is 7.89. The molecule has 1 amide bonds. The normalized spacial score (nSPS) is 14.5. The van der Waals surface area contributed by atoms with Crippen molar-refractivity contribution in [2.24, 2.45) is 0 Å². The lowest BCUT2D eigenvalue weighted by molar-refractivity contribution is -0.119. The maximum atomic E-state index is 12.5. The molecule has 0 atom stereocenters. The van der Waals surface area contributed by atoms with Gasteiger partial charge in [-0.25, -0.2) is 13.2 Å². The third kappa shape index (κ3) is 4.88. The monoisotopic (exact) mass is 430 g/mol. The van der Waals surface area contributed by atoms with E-state index in [0.29, 0.717) is 18.8 Å². The second-order valence-corrected chi connectivity index (χ2v) is 9.47. The van der Waals surface area contributed by atoms with Gasteiger partial charge in [0.15, 0.2) is 6.61 Å². The quantitative estimate of drug-likeness (QED) is 0.711. The topological polar surface area (TPSA) is 92.8 Å². The molecule has 160 valence electrons. The summed E-state index contributed by atoms with van der Waals surface area (Å²) in [4.78, 5) is 24.6. The number of esters is 1. The van der Waals surface area contributed by atoms with Crippen LogP contribution in [0.25, 0.3) is 0 Å². The van der Waals surface area contributed by atoms with Gasteiger partial charge in [0.25, 0.3) is 5.91 Å². The number of nitrogens with zero attached hydrogens (tertiary/aromatic N) is 1. The molecule has 0 radical (unpaired) electrons. The van der Waals surface area contributed by atoms with Crippen LogP contribution in [0, 0.1) is 20.8 Å². The Labute approximate surface area is 177 Å². The van der Waals surface area contributed by atoms with Crippen molar-refractivity contribution in [3.63, 3.8) is 0 Å². The number of anilines is 1. The van der Waals surface area contributed by atoms with Crippen molar-refractivity contribution in [1.29, 1.82) is 0 Å². The summed E-state index contributed by atoms with van der Waals surface area (Å²) in [5, 5.41) is 2.77. The highest BCUT2D eigenvalue weighted by Gasteiger charge is 2.27.